The topological polar surface area (TPSA) is 159 Å². The van der Waals surface area contributed by atoms with E-state index in [2.05, 4.69) is 37.4 Å². The number of carboxylic acid groups (broad SMARTS) is 1. The molecule has 99 heavy (non-hydrogen) atoms. The van der Waals surface area contributed by atoms with Crippen LogP contribution >= 0.6 is 24.8 Å². The van der Waals surface area contributed by atoms with Gasteiger partial charge in [0.1, 0.15) is 41.3 Å². The number of allylic oxidation sites excluding steroid dienone is 4. The van der Waals surface area contributed by atoms with Crippen molar-refractivity contribution in [3.8, 4) is 0 Å². The average molecular weight is 1430 g/mol. The molecule has 0 bridgehead atoms. The van der Waals surface area contributed by atoms with E-state index in [9.17, 15) is 53.5 Å². The third kappa shape index (κ3) is 13.4. The Bertz CT molecular complexity index is 4740. The predicted molar refractivity (Wildman–Crippen MR) is 381 cm³/mol. The van der Waals surface area contributed by atoms with Crippen molar-refractivity contribution in [2.24, 2.45) is 34.5 Å². The molecular weight excluding hydrogens is 1350 g/mol. The second-order valence-corrected chi connectivity index (χ2v) is 32.3. The highest BCUT2D eigenvalue weighted by molar-refractivity contribution is 7.89. The van der Waals surface area contributed by atoms with Crippen molar-refractivity contribution >= 4 is 89.7 Å². The first kappa shape index (κ1) is 73.0. The fourth-order valence-corrected chi connectivity index (χ4v) is 21.4. The highest BCUT2D eigenvalue weighted by Crippen LogP contribution is 2.62. The number of carbonyl (C=O) groups is 2. The summed E-state index contributed by atoms with van der Waals surface area (Å²) in [5.41, 5.74) is 14.2. The van der Waals surface area contributed by atoms with Crippen LogP contribution in [-0.4, -0.2) is 84.8 Å². The Balaban J connectivity index is 0.000000148. The number of aromatic nitrogens is 2. The minimum absolute atomic E-state index is 0. The van der Waals surface area contributed by atoms with Gasteiger partial charge in [-0.25, -0.2) is 48.5 Å². The molecule has 4 unspecified atom stereocenters. The van der Waals surface area contributed by atoms with Crippen molar-refractivity contribution in [1.82, 2.24) is 23.5 Å². The van der Waals surface area contributed by atoms with Gasteiger partial charge in [-0.05, 0) is 262 Å². The minimum atomic E-state index is -3.66. The molecule has 4 heterocycles. The second kappa shape index (κ2) is 27.9. The largest absolute Gasteiger partial charge is 0.480 e. The van der Waals surface area contributed by atoms with Crippen molar-refractivity contribution in [2.75, 3.05) is 26.2 Å². The van der Waals surface area contributed by atoms with Crippen LogP contribution in [-0.2, 0) is 31.4 Å². The van der Waals surface area contributed by atoms with Crippen LogP contribution < -0.4 is 4.72 Å². The summed E-state index contributed by atoms with van der Waals surface area (Å²) in [5.74, 6) is 0.150. The van der Waals surface area contributed by atoms with Crippen LogP contribution in [0.4, 0.5) is 22.0 Å². The third-order valence-corrected chi connectivity index (χ3v) is 26.1. The van der Waals surface area contributed by atoms with Crippen LogP contribution in [0.2, 0.25) is 0 Å². The van der Waals surface area contributed by atoms with Gasteiger partial charge in [-0.1, -0.05) is 68.8 Å². The van der Waals surface area contributed by atoms with Crippen molar-refractivity contribution in [3.05, 3.63) is 219 Å². The monoisotopic (exact) mass is 1430 g/mol. The van der Waals surface area contributed by atoms with Crippen molar-refractivity contribution in [3.63, 3.8) is 0 Å². The molecule has 2 spiro atoms. The smallest absolute Gasteiger partial charge is 0.323 e. The summed E-state index contributed by atoms with van der Waals surface area (Å²) >= 11 is 0. The fourth-order valence-electron chi connectivity index (χ4n) is 18.5. The highest BCUT2D eigenvalue weighted by Gasteiger charge is 2.58. The van der Waals surface area contributed by atoms with Crippen LogP contribution in [0.5, 0.6) is 0 Å². The van der Waals surface area contributed by atoms with Crippen LogP contribution in [0, 0.1) is 70.5 Å². The lowest BCUT2D eigenvalue weighted by Crippen LogP contribution is -2.63. The number of nitrogens with one attached hydrogen (secondary N) is 1. The van der Waals surface area contributed by atoms with Gasteiger partial charge >= 0.3 is 5.97 Å². The molecule has 16 rings (SSSR count). The molecule has 2 aliphatic heterocycles. The zero-order valence-electron chi connectivity index (χ0n) is 55.2. The quantitative estimate of drug-likeness (QED) is 0.108. The van der Waals surface area contributed by atoms with E-state index < -0.39 is 37.7 Å². The summed E-state index contributed by atoms with van der Waals surface area (Å²) in [7, 11) is -7.31. The number of carboxylic acids is 1. The van der Waals surface area contributed by atoms with E-state index in [1.165, 1.54) is 86.3 Å². The number of nitrogens with zero attached hydrogens (tertiary/aromatic N) is 4. The van der Waals surface area contributed by atoms with Gasteiger partial charge in [-0.3, -0.25) is 9.59 Å². The van der Waals surface area contributed by atoms with E-state index >= 15 is 0 Å². The lowest BCUT2D eigenvalue weighted by Gasteiger charge is -2.59. The maximum absolute atomic E-state index is 14.1. The molecule has 21 heteroatoms. The number of sulfonamides is 2. The van der Waals surface area contributed by atoms with Gasteiger partial charge in [0.25, 0.3) is 5.91 Å². The Morgan fingerprint density at radius 2 is 1.08 bits per heavy atom. The standard InChI is InChI=1S/C28H27FN2O.C26H29F2NO2S.C23H22F2N2O4S.CH4.2ClH/c1-3-21-17(2)26(23-12-20(29)9-10-22(21)23)19-13-28(14-19)15-31(16-28)27(32)25-11-8-18-6-4-5-7-24(18)30-25;1-3-23-15(2)26(25-14-20(28)6-9-24(23)25)18-10-16-12-21(13-17(16)11-18)29-32(30,31)22-7-4-19(27)5-8-22;1-14-22(19-8-17(25)4-7-20(19)27(14)11-21(28)29)15-9-23(10-15)12-26(13-23)32(30,31)18-5-2-16(24)3-6-18;;;/h4-12,19,21H,3,13-16H2,1-2H3;4-9,14,16-18,21,23,29H,3,10-13H2,1-2H3;2-8,15H,9-13H2,1H3,(H,28,29);1H4;2*1H. The summed E-state index contributed by atoms with van der Waals surface area (Å²) in [6.07, 6.45) is 9.44. The average Bonchev–Trinajstić information content (AvgIpc) is 1.63. The van der Waals surface area contributed by atoms with Gasteiger partial charge in [0.05, 0.1) is 15.3 Å². The molecule has 6 aromatic carbocycles. The highest BCUT2D eigenvalue weighted by atomic mass is 35.5. The normalized spacial score (nSPS) is 23.1. The maximum atomic E-state index is 14.1. The van der Waals surface area contributed by atoms with E-state index in [0.717, 1.165) is 128 Å². The summed E-state index contributed by atoms with van der Waals surface area (Å²) < 4.78 is 125. The molecule has 1 amide bonds. The number of hydrogen-bond acceptors (Lipinski definition) is 7. The number of halogens is 7. The zero-order chi connectivity index (χ0) is 67.5. The van der Waals surface area contributed by atoms with Crippen molar-refractivity contribution in [1.29, 1.82) is 0 Å². The lowest BCUT2D eigenvalue weighted by atomic mass is 9.55. The summed E-state index contributed by atoms with van der Waals surface area (Å²) in [6.45, 7) is 12.9. The molecule has 6 aliphatic carbocycles. The van der Waals surface area contributed by atoms with Crippen LogP contribution in [0.25, 0.3) is 33.0 Å². The lowest BCUT2D eigenvalue weighted by molar-refractivity contribution is -0.137. The molecule has 524 valence electrons. The Labute approximate surface area is 589 Å². The van der Waals surface area contributed by atoms with Gasteiger partial charge in [0.15, 0.2) is 0 Å². The molecule has 2 aromatic heterocycles. The predicted octanol–water partition coefficient (Wildman–Crippen LogP) is 17.6. The van der Waals surface area contributed by atoms with Crippen LogP contribution in [0.3, 0.4) is 0 Å². The Morgan fingerprint density at radius 1 is 0.586 bits per heavy atom. The second-order valence-electron chi connectivity index (χ2n) is 28.6. The number of aliphatic carboxylic acids is 1. The van der Waals surface area contributed by atoms with E-state index in [-0.39, 0.29) is 94.7 Å². The number of para-hydroxylation sites is 1. The molecule has 6 fully saturated rings. The molecule has 8 aromatic rings. The number of carbonyl (C=O) groups excluding carboxylic acids is 1. The fraction of sp³-hybridized carbons (Fsp3) is 0.397. The first-order valence-corrected chi connectivity index (χ1v) is 36.5. The number of benzene rings is 6. The van der Waals surface area contributed by atoms with Gasteiger partial charge < -0.3 is 14.6 Å². The summed E-state index contributed by atoms with van der Waals surface area (Å²) in [4.78, 5) is 31.0. The van der Waals surface area contributed by atoms with E-state index in [1.54, 1.807) is 34.9 Å². The molecule has 8 aliphatic rings. The number of rotatable bonds is 13. The number of fused-ring (bicyclic) bond motifs is 5. The summed E-state index contributed by atoms with van der Waals surface area (Å²) in [6, 6.07) is 36.3. The molecule has 2 saturated heterocycles. The van der Waals surface area contributed by atoms with Gasteiger partial charge in [0.2, 0.25) is 20.0 Å². The van der Waals surface area contributed by atoms with E-state index in [0.29, 0.717) is 59.8 Å². The number of likely N-dealkylation sites (tertiary alicyclic amines) is 1. The Morgan fingerprint density at radius 3 is 1.64 bits per heavy atom. The maximum Gasteiger partial charge on any atom is 0.323 e. The first-order chi connectivity index (χ1) is 45.8. The van der Waals surface area contributed by atoms with E-state index in [1.807, 2.05) is 60.4 Å². The van der Waals surface area contributed by atoms with Crippen molar-refractivity contribution in [2.45, 2.75) is 146 Å². The number of hydrogen-bond donors (Lipinski definition) is 2. The zero-order valence-corrected chi connectivity index (χ0v) is 58.5. The van der Waals surface area contributed by atoms with Gasteiger partial charge in [-0.15, -0.1) is 24.8 Å². The van der Waals surface area contributed by atoms with E-state index in [4.69, 9.17) is 0 Å². The number of pyridine rings is 1. The van der Waals surface area contributed by atoms with Gasteiger partial charge in [-0.2, -0.15) is 4.31 Å². The van der Waals surface area contributed by atoms with Gasteiger partial charge in [0, 0.05) is 71.5 Å². The molecule has 0 radical (unpaired) electrons. The molecular formula is C78H84Cl2F5N5O7S2. The molecule has 4 atom stereocenters. The van der Waals surface area contributed by atoms with Crippen LogP contribution in [0.1, 0.15) is 161 Å². The Hall–Kier alpha value is -7.26. The molecule has 2 N–H and O–H groups in total. The SMILES string of the molecule is C.CCC1C(C)=C(C2CC3(C2)CN(C(=O)c2ccc4ccccc4n2)C3)c2cc(F)ccc21.CCC1C(C)=C(C2CC3CC(NS(=O)(=O)c4ccc(F)cc4)CC3C2)c2cc(F)ccc21.Cc1c(C2CC3(C2)CN(S(=O)(=O)c2ccc(F)cc2)C3)c2cc(F)ccc2n1CC(=O)O.Cl.Cl. The third-order valence-electron chi connectivity index (χ3n) is 22.7. The van der Waals surface area contributed by atoms with Crippen molar-refractivity contribution < 1.29 is 53.5 Å². The summed E-state index contributed by atoms with van der Waals surface area (Å²) in [5, 5.41) is 11.1. The Kier molecular flexibility index (Phi) is 20.6. The molecule has 12 nitrogen and oxygen atoms in total. The first-order valence-electron chi connectivity index (χ1n) is 33.5. The minimum Gasteiger partial charge on any atom is -0.480 e. The number of amides is 1. The molecule has 4 saturated carbocycles. The van der Waals surface area contributed by atoms with Crippen LogP contribution in [0.15, 0.2) is 160 Å².